The first-order valence-electron chi connectivity index (χ1n) is 10.0. The van der Waals surface area contributed by atoms with Crippen molar-refractivity contribution in [3.05, 3.63) is 64.5 Å². The molecule has 0 spiro atoms. The van der Waals surface area contributed by atoms with Crippen LogP contribution in [0.1, 0.15) is 29.8 Å². The van der Waals surface area contributed by atoms with Crippen molar-refractivity contribution >= 4 is 29.6 Å². The van der Waals surface area contributed by atoms with Crippen molar-refractivity contribution in [1.29, 1.82) is 0 Å². The van der Waals surface area contributed by atoms with E-state index in [4.69, 9.17) is 11.6 Å². The van der Waals surface area contributed by atoms with E-state index in [9.17, 15) is 9.59 Å². The van der Waals surface area contributed by atoms with Crippen molar-refractivity contribution in [2.24, 2.45) is 28.8 Å². The van der Waals surface area contributed by atoms with Crippen LogP contribution in [-0.2, 0) is 9.59 Å². The molecule has 4 aliphatic rings. The lowest BCUT2D eigenvalue weighted by Crippen LogP contribution is -2.38. The van der Waals surface area contributed by atoms with E-state index in [-0.39, 0.29) is 35.5 Å². The fourth-order valence-electron chi connectivity index (χ4n) is 5.21. The first-order chi connectivity index (χ1) is 14.0. The number of carbonyl (C=O) groups excluding carboxylic acids is 2. The molecule has 1 aromatic carbocycles. The maximum absolute atomic E-state index is 12.9. The number of fused-ring (bicyclic) bond motifs is 1. The second-order valence-corrected chi connectivity index (χ2v) is 8.59. The Bertz CT molecular complexity index is 1050. The molecule has 0 N–H and O–H groups in total. The topological polar surface area (TPSA) is 54.7 Å². The molecule has 5 nitrogen and oxygen atoms in total. The lowest BCUT2D eigenvalue weighted by atomic mass is 9.63. The van der Waals surface area contributed by atoms with E-state index >= 15 is 0 Å². The third kappa shape index (κ3) is 2.71. The summed E-state index contributed by atoms with van der Waals surface area (Å²) in [5, 5.41) is 6.11. The standard InChI is InChI=1S/C23H22ClN3O2/c1-13-11-17(14(2)26(13)19-6-4-3-5-18(19)24)12-25-27-22(28)20-15-7-8-16(10-9-15)21(20)23(27)29/h3-8,11-12,15-16,20-21H,9-10H2,1-2H3/b25-12-/t15-,16-,20-,21+/m0/s1. The Morgan fingerprint density at radius 2 is 1.66 bits per heavy atom. The molecular weight excluding hydrogens is 386 g/mol. The average molecular weight is 408 g/mol. The number of hydrogen-bond donors (Lipinski definition) is 0. The molecule has 6 rings (SSSR count). The van der Waals surface area contributed by atoms with Gasteiger partial charge in [-0.05, 0) is 56.7 Å². The summed E-state index contributed by atoms with van der Waals surface area (Å²) in [6.07, 6.45) is 7.82. The number of amides is 2. The summed E-state index contributed by atoms with van der Waals surface area (Å²) >= 11 is 6.38. The number of aryl methyl sites for hydroxylation is 1. The SMILES string of the molecule is Cc1cc(/C=N\N2C(=O)[C@@H]3[C@H](C2=O)[C@H]2C=C[C@H]3CC2)c(C)n1-c1ccccc1Cl. The number of hydrogen-bond acceptors (Lipinski definition) is 3. The molecule has 2 amide bonds. The van der Waals surface area contributed by atoms with Gasteiger partial charge in [0.15, 0.2) is 0 Å². The van der Waals surface area contributed by atoms with Crippen LogP contribution < -0.4 is 0 Å². The Hall–Kier alpha value is -2.66. The van der Waals surface area contributed by atoms with Crippen LogP contribution in [0.15, 0.2) is 47.6 Å². The molecule has 1 saturated carbocycles. The van der Waals surface area contributed by atoms with Crippen molar-refractivity contribution in [3.63, 3.8) is 0 Å². The summed E-state index contributed by atoms with van der Waals surface area (Å²) in [6, 6.07) is 9.65. The highest BCUT2D eigenvalue weighted by atomic mass is 35.5. The van der Waals surface area contributed by atoms with Crippen LogP contribution in [0.2, 0.25) is 5.02 Å². The molecule has 2 fully saturated rings. The zero-order valence-corrected chi connectivity index (χ0v) is 17.1. The molecule has 29 heavy (non-hydrogen) atoms. The van der Waals surface area contributed by atoms with E-state index in [1.807, 2.05) is 44.2 Å². The molecule has 2 heterocycles. The molecule has 0 radical (unpaired) electrons. The molecule has 2 bridgehead atoms. The average Bonchev–Trinajstić information content (AvgIpc) is 3.16. The summed E-state index contributed by atoms with van der Waals surface area (Å²) in [5.41, 5.74) is 3.72. The monoisotopic (exact) mass is 407 g/mol. The van der Waals surface area contributed by atoms with Crippen LogP contribution in [0.5, 0.6) is 0 Å². The summed E-state index contributed by atoms with van der Waals surface area (Å²) in [7, 11) is 0. The molecule has 3 aliphatic carbocycles. The maximum atomic E-state index is 12.9. The van der Waals surface area contributed by atoms with Crippen LogP contribution in [0.4, 0.5) is 0 Å². The van der Waals surface area contributed by atoms with Gasteiger partial charge in [-0.3, -0.25) is 9.59 Å². The highest BCUT2D eigenvalue weighted by Crippen LogP contribution is 2.49. The predicted molar refractivity (Wildman–Crippen MR) is 112 cm³/mol. The van der Waals surface area contributed by atoms with Crippen LogP contribution in [0.25, 0.3) is 5.69 Å². The van der Waals surface area contributed by atoms with Gasteiger partial charge in [0.1, 0.15) is 0 Å². The van der Waals surface area contributed by atoms with Crippen molar-refractivity contribution in [2.45, 2.75) is 26.7 Å². The molecule has 0 unspecified atom stereocenters. The van der Waals surface area contributed by atoms with Crippen molar-refractivity contribution in [3.8, 4) is 5.69 Å². The van der Waals surface area contributed by atoms with Gasteiger partial charge < -0.3 is 4.57 Å². The van der Waals surface area contributed by atoms with Crippen molar-refractivity contribution < 1.29 is 9.59 Å². The number of halogens is 1. The largest absolute Gasteiger partial charge is 0.316 e. The minimum atomic E-state index is -0.237. The van der Waals surface area contributed by atoms with E-state index < -0.39 is 0 Å². The minimum Gasteiger partial charge on any atom is -0.316 e. The van der Waals surface area contributed by atoms with Gasteiger partial charge in [0.05, 0.1) is 28.8 Å². The van der Waals surface area contributed by atoms with Gasteiger partial charge in [-0.25, -0.2) is 0 Å². The first-order valence-corrected chi connectivity index (χ1v) is 10.4. The number of nitrogens with zero attached hydrogens (tertiary/aromatic N) is 3. The van der Waals surface area contributed by atoms with Gasteiger partial charge >= 0.3 is 0 Å². The zero-order valence-electron chi connectivity index (χ0n) is 16.4. The fourth-order valence-corrected chi connectivity index (χ4v) is 5.43. The van der Waals surface area contributed by atoms with E-state index in [1.165, 1.54) is 0 Å². The molecule has 4 atom stereocenters. The number of rotatable bonds is 3. The van der Waals surface area contributed by atoms with E-state index in [0.717, 1.165) is 40.5 Å². The second-order valence-electron chi connectivity index (χ2n) is 8.19. The third-order valence-corrected chi connectivity index (χ3v) is 6.93. The van der Waals surface area contributed by atoms with Gasteiger partial charge in [0.25, 0.3) is 11.8 Å². The van der Waals surface area contributed by atoms with E-state index in [0.29, 0.717) is 5.02 Å². The summed E-state index contributed by atoms with van der Waals surface area (Å²) in [6.45, 7) is 3.98. The highest BCUT2D eigenvalue weighted by molar-refractivity contribution is 6.32. The smallest absolute Gasteiger partial charge is 0.254 e. The van der Waals surface area contributed by atoms with Crippen molar-refractivity contribution in [1.82, 2.24) is 9.58 Å². The quantitative estimate of drug-likeness (QED) is 0.433. The zero-order chi connectivity index (χ0) is 20.3. The van der Waals surface area contributed by atoms with E-state index in [1.54, 1.807) is 6.21 Å². The predicted octanol–water partition coefficient (Wildman–Crippen LogP) is 4.28. The molecule has 148 valence electrons. The number of imide groups is 1. The maximum Gasteiger partial charge on any atom is 0.254 e. The Labute approximate surface area is 174 Å². The summed E-state index contributed by atoms with van der Waals surface area (Å²) in [4.78, 5) is 25.8. The first kappa shape index (κ1) is 18.4. The van der Waals surface area contributed by atoms with Gasteiger partial charge in [-0.15, -0.1) is 0 Å². The molecule has 1 aromatic heterocycles. The molecule has 1 saturated heterocycles. The Kier molecular flexibility index (Phi) is 4.24. The van der Waals surface area contributed by atoms with Crippen LogP contribution in [-0.4, -0.2) is 27.6 Å². The van der Waals surface area contributed by atoms with Gasteiger partial charge in [0.2, 0.25) is 0 Å². The molecule has 2 aromatic rings. The van der Waals surface area contributed by atoms with E-state index in [2.05, 4.69) is 21.8 Å². The van der Waals surface area contributed by atoms with Crippen LogP contribution in [0, 0.1) is 37.5 Å². The van der Waals surface area contributed by atoms with Crippen LogP contribution in [0.3, 0.4) is 0 Å². The van der Waals surface area contributed by atoms with Gasteiger partial charge in [-0.1, -0.05) is 35.9 Å². The Morgan fingerprint density at radius 1 is 1.03 bits per heavy atom. The lowest BCUT2D eigenvalue weighted by molar-refractivity contribution is -0.140. The molecular formula is C23H22ClN3O2. The Morgan fingerprint density at radius 3 is 2.24 bits per heavy atom. The highest BCUT2D eigenvalue weighted by Gasteiger charge is 2.56. The number of aromatic nitrogens is 1. The summed E-state index contributed by atoms with van der Waals surface area (Å²) < 4.78 is 2.06. The number of allylic oxidation sites excluding steroid dienone is 2. The number of carbonyl (C=O) groups is 2. The fraction of sp³-hybridized carbons (Fsp3) is 0.348. The Balaban J connectivity index is 1.46. The van der Waals surface area contributed by atoms with Gasteiger partial charge in [-0.2, -0.15) is 10.1 Å². The van der Waals surface area contributed by atoms with Crippen molar-refractivity contribution in [2.75, 3.05) is 0 Å². The second kappa shape index (κ2) is 6.70. The number of hydrazone groups is 1. The lowest BCUT2D eigenvalue weighted by Gasteiger charge is -2.37. The molecule has 6 heteroatoms. The van der Waals surface area contributed by atoms with Crippen LogP contribution >= 0.6 is 11.6 Å². The number of para-hydroxylation sites is 1. The van der Waals surface area contributed by atoms with Gasteiger partial charge in [0, 0.05) is 17.0 Å². The third-order valence-electron chi connectivity index (χ3n) is 6.61. The summed E-state index contributed by atoms with van der Waals surface area (Å²) in [5.74, 6) is -0.442. The molecule has 1 aliphatic heterocycles. The normalized spacial score (nSPS) is 28.0. The minimum absolute atomic E-state index is 0.157. The number of benzene rings is 1.